The molecular formula is C10H12N4O3. The van der Waals surface area contributed by atoms with Crippen LogP contribution in [0.3, 0.4) is 0 Å². The van der Waals surface area contributed by atoms with Crippen LogP contribution in [0.15, 0.2) is 12.4 Å². The first-order valence-electron chi connectivity index (χ1n) is 5.24. The number of aromatic nitrogens is 2. The number of nitrogens with zero attached hydrogens (tertiary/aromatic N) is 3. The Bertz CT molecular complexity index is 432. The zero-order valence-corrected chi connectivity index (χ0v) is 9.09. The van der Waals surface area contributed by atoms with Crippen molar-refractivity contribution in [2.45, 2.75) is 6.42 Å². The average molecular weight is 236 g/mol. The standard InChI is InChI=1S/C10H12N4O3/c15-9-6-14(3-1-2-11-9)8-5-12-7(4-13-8)10(16)17/h4-5H,1-3,6H2,(H,11,15)(H,16,17). The van der Waals surface area contributed by atoms with Crippen LogP contribution in [0.1, 0.15) is 16.9 Å². The summed E-state index contributed by atoms with van der Waals surface area (Å²) in [7, 11) is 0. The molecule has 7 nitrogen and oxygen atoms in total. The summed E-state index contributed by atoms with van der Waals surface area (Å²) in [6.45, 7) is 1.57. The highest BCUT2D eigenvalue weighted by molar-refractivity contribution is 5.85. The van der Waals surface area contributed by atoms with Crippen LogP contribution in [0.25, 0.3) is 0 Å². The molecule has 2 N–H and O–H groups in total. The van der Waals surface area contributed by atoms with E-state index in [-0.39, 0.29) is 18.1 Å². The van der Waals surface area contributed by atoms with Crippen molar-refractivity contribution in [2.75, 3.05) is 24.5 Å². The first-order valence-corrected chi connectivity index (χ1v) is 5.24. The van der Waals surface area contributed by atoms with Crippen LogP contribution in [-0.2, 0) is 4.79 Å². The number of carbonyl (C=O) groups excluding carboxylic acids is 1. The van der Waals surface area contributed by atoms with E-state index in [4.69, 9.17) is 5.11 Å². The lowest BCUT2D eigenvalue weighted by molar-refractivity contribution is -0.119. The molecule has 0 radical (unpaired) electrons. The van der Waals surface area contributed by atoms with Gasteiger partial charge >= 0.3 is 5.97 Å². The van der Waals surface area contributed by atoms with Crippen LogP contribution in [0.5, 0.6) is 0 Å². The second-order valence-corrected chi connectivity index (χ2v) is 3.69. The molecule has 1 aliphatic rings. The Hall–Kier alpha value is -2.18. The highest BCUT2D eigenvalue weighted by Crippen LogP contribution is 2.10. The topological polar surface area (TPSA) is 95.4 Å². The van der Waals surface area contributed by atoms with Gasteiger partial charge in [-0.3, -0.25) is 4.79 Å². The van der Waals surface area contributed by atoms with Crippen molar-refractivity contribution < 1.29 is 14.7 Å². The van der Waals surface area contributed by atoms with E-state index in [9.17, 15) is 9.59 Å². The third kappa shape index (κ3) is 2.68. The molecule has 17 heavy (non-hydrogen) atoms. The largest absolute Gasteiger partial charge is 0.476 e. The van der Waals surface area contributed by atoms with Crippen molar-refractivity contribution in [3.63, 3.8) is 0 Å². The highest BCUT2D eigenvalue weighted by Gasteiger charge is 2.16. The average Bonchev–Trinajstić information content (AvgIpc) is 2.54. The predicted octanol–water partition coefficient (Wildman–Crippen LogP) is -0.499. The molecule has 1 saturated heterocycles. The van der Waals surface area contributed by atoms with Gasteiger partial charge in [0.15, 0.2) is 5.69 Å². The molecule has 1 aromatic heterocycles. The monoisotopic (exact) mass is 236 g/mol. The van der Waals surface area contributed by atoms with Crippen molar-refractivity contribution in [2.24, 2.45) is 0 Å². The van der Waals surface area contributed by atoms with Gasteiger partial charge in [-0.05, 0) is 6.42 Å². The fraction of sp³-hybridized carbons (Fsp3) is 0.400. The van der Waals surface area contributed by atoms with Crippen molar-refractivity contribution in [1.29, 1.82) is 0 Å². The lowest BCUT2D eigenvalue weighted by Crippen LogP contribution is -2.33. The van der Waals surface area contributed by atoms with Gasteiger partial charge in [0.25, 0.3) is 0 Å². The third-order valence-corrected chi connectivity index (χ3v) is 2.44. The molecule has 0 aromatic carbocycles. The zero-order valence-electron chi connectivity index (χ0n) is 9.09. The van der Waals surface area contributed by atoms with Crippen LogP contribution in [0.2, 0.25) is 0 Å². The molecule has 7 heteroatoms. The second-order valence-electron chi connectivity index (χ2n) is 3.69. The molecule has 0 bridgehead atoms. The fourth-order valence-electron chi connectivity index (χ4n) is 1.60. The van der Waals surface area contributed by atoms with Crippen LogP contribution in [0, 0.1) is 0 Å². The van der Waals surface area contributed by atoms with E-state index >= 15 is 0 Å². The van der Waals surface area contributed by atoms with Crippen molar-refractivity contribution in [3.8, 4) is 0 Å². The van der Waals surface area contributed by atoms with Gasteiger partial charge in [0, 0.05) is 13.1 Å². The van der Waals surface area contributed by atoms with Gasteiger partial charge in [0.2, 0.25) is 5.91 Å². The lowest BCUT2D eigenvalue weighted by Gasteiger charge is -2.19. The molecule has 0 saturated carbocycles. The number of hydrogen-bond donors (Lipinski definition) is 2. The first kappa shape index (κ1) is 11.3. The van der Waals surface area contributed by atoms with E-state index in [1.807, 2.05) is 0 Å². The summed E-state index contributed by atoms with van der Waals surface area (Å²) in [4.78, 5) is 31.5. The summed E-state index contributed by atoms with van der Waals surface area (Å²) >= 11 is 0. The number of nitrogens with one attached hydrogen (secondary N) is 1. The SMILES string of the molecule is O=C1CN(c2cnc(C(=O)O)cn2)CCCN1. The smallest absolute Gasteiger partial charge is 0.356 e. The third-order valence-electron chi connectivity index (χ3n) is 2.44. The van der Waals surface area contributed by atoms with Crippen molar-refractivity contribution in [1.82, 2.24) is 15.3 Å². The predicted molar refractivity (Wildman–Crippen MR) is 58.8 cm³/mol. The van der Waals surface area contributed by atoms with Crippen LogP contribution in [-0.4, -0.2) is 46.6 Å². The van der Waals surface area contributed by atoms with Crippen molar-refractivity contribution in [3.05, 3.63) is 18.1 Å². The Morgan fingerprint density at radius 1 is 1.41 bits per heavy atom. The van der Waals surface area contributed by atoms with E-state index in [0.29, 0.717) is 18.9 Å². The molecule has 0 atom stereocenters. The first-order chi connectivity index (χ1) is 8.16. The van der Waals surface area contributed by atoms with Crippen LogP contribution >= 0.6 is 0 Å². The van der Waals surface area contributed by atoms with Gasteiger partial charge in [0.1, 0.15) is 5.82 Å². The van der Waals surface area contributed by atoms with Gasteiger partial charge in [-0.1, -0.05) is 0 Å². The summed E-state index contributed by atoms with van der Waals surface area (Å²) in [6, 6.07) is 0. The number of carboxylic acid groups (broad SMARTS) is 1. The molecule has 90 valence electrons. The number of anilines is 1. The number of hydrogen-bond acceptors (Lipinski definition) is 5. The Kier molecular flexibility index (Phi) is 3.17. The van der Waals surface area contributed by atoms with Gasteiger partial charge < -0.3 is 15.3 Å². The molecule has 2 rings (SSSR count). The fourth-order valence-corrected chi connectivity index (χ4v) is 1.60. The summed E-state index contributed by atoms with van der Waals surface area (Å²) in [6.07, 6.45) is 3.40. The molecule has 1 fully saturated rings. The minimum Gasteiger partial charge on any atom is -0.476 e. The van der Waals surface area contributed by atoms with E-state index in [1.165, 1.54) is 12.4 Å². The summed E-state index contributed by atoms with van der Waals surface area (Å²) in [5, 5.41) is 11.4. The Balaban J connectivity index is 2.15. The number of amides is 1. The summed E-state index contributed by atoms with van der Waals surface area (Å²) < 4.78 is 0. The molecule has 0 aliphatic carbocycles. The van der Waals surface area contributed by atoms with Gasteiger partial charge in [0.05, 0.1) is 18.9 Å². The minimum absolute atomic E-state index is 0.0633. The van der Waals surface area contributed by atoms with Gasteiger partial charge in [-0.2, -0.15) is 0 Å². The quantitative estimate of drug-likeness (QED) is 0.718. The summed E-state index contributed by atoms with van der Waals surface area (Å²) in [5.41, 5.74) is -0.104. The molecule has 1 amide bonds. The molecule has 0 unspecified atom stereocenters. The molecule has 1 aromatic rings. The molecular weight excluding hydrogens is 224 g/mol. The number of aromatic carboxylic acids is 1. The zero-order chi connectivity index (χ0) is 12.3. The van der Waals surface area contributed by atoms with Crippen LogP contribution in [0.4, 0.5) is 5.82 Å². The van der Waals surface area contributed by atoms with Crippen molar-refractivity contribution >= 4 is 17.7 Å². The van der Waals surface area contributed by atoms with Gasteiger partial charge in [-0.15, -0.1) is 0 Å². The van der Waals surface area contributed by atoms with E-state index in [0.717, 1.165) is 6.42 Å². The second kappa shape index (κ2) is 4.77. The molecule has 1 aliphatic heterocycles. The highest BCUT2D eigenvalue weighted by atomic mass is 16.4. The number of carbonyl (C=O) groups is 2. The Labute approximate surface area is 97.5 Å². The van der Waals surface area contributed by atoms with E-state index < -0.39 is 5.97 Å². The molecule has 2 heterocycles. The summed E-state index contributed by atoms with van der Waals surface area (Å²) in [5.74, 6) is -0.656. The molecule has 0 spiro atoms. The van der Waals surface area contributed by atoms with E-state index in [2.05, 4.69) is 15.3 Å². The van der Waals surface area contributed by atoms with Crippen LogP contribution < -0.4 is 10.2 Å². The maximum atomic E-state index is 11.3. The number of rotatable bonds is 2. The number of carboxylic acids is 1. The maximum Gasteiger partial charge on any atom is 0.356 e. The normalized spacial score (nSPS) is 16.2. The lowest BCUT2D eigenvalue weighted by atomic mass is 10.4. The maximum absolute atomic E-state index is 11.3. The Morgan fingerprint density at radius 2 is 2.24 bits per heavy atom. The Morgan fingerprint density at radius 3 is 2.88 bits per heavy atom. The van der Waals surface area contributed by atoms with E-state index in [1.54, 1.807) is 4.90 Å². The minimum atomic E-state index is -1.11. The van der Waals surface area contributed by atoms with Gasteiger partial charge in [-0.25, -0.2) is 14.8 Å².